The number of hydrogen-bond donors (Lipinski definition) is 2. The standard InChI is InChI=1S/C30H39N3O4/c1-20-18-33(21(2)17-32(20)19-22-9-10-22)28(25-6-4-8-27(34)16-25)24-5-3-7-26(15-24)29(35)31-13-11-23(12-14-31)30(36)37/h3-8,15-16,20-23,28,34H,9-14,17-19H2,1-2H3,(H,36,37)/t20-,21+,28?/m1/s1. The molecular formula is C30H39N3O4. The van der Waals surface area contributed by atoms with Crippen molar-refractivity contribution in [2.24, 2.45) is 11.8 Å². The van der Waals surface area contributed by atoms with Gasteiger partial charge in [-0.1, -0.05) is 24.3 Å². The predicted molar refractivity (Wildman–Crippen MR) is 143 cm³/mol. The van der Waals surface area contributed by atoms with E-state index in [2.05, 4.69) is 35.8 Å². The fraction of sp³-hybridized carbons (Fsp3) is 0.533. The average Bonchev–Trinajstić information content (AvgIpc) is 3.71. The second-order valence-corrected chi connectivity index (χ2v) is 11.3. The highest BCUT2D eigenvalue weighted by Gasteiger charge is 2.37. The van der Waals surface area contributed by atoms with Gasteiger partial charge < -0.3 is 15.1 Å². The van der Waals surface area contributed by atoms with Crippen molar-refractivity contribution in [2.45, 2.75) is 57.7 Å². The number of carbonyl (C=O) groups is 2. The van der Waals surface area contributed by atoms with E-state index in [-0.39, 0.29) is 23.6 Å². The monoisotopic (exact) mass is 505 g/mol. The van der Waals surface area contributed by atoms with Crippen LogP contribution >= 0.6 is 0 Å². The van der Waals surface area contributed by atoms with Gasteiger partial charge in [0.05, 0.1) is 12.0 Å². The molecule has 3 aliphatic rings. The number of carbonyl (C=O) groups excluding carboxylic acids is 1. The molecule has 2 aliphatic heterocycles. The first-order valence-corrected chi connectivity index (χ1v) is 13.7. The summed E-state index contributed by atoms with van der Waals surface area (Å²) in [5.74, 6) is -0.0948. The second kappa shape index (κ2) is 10.8. The zero-order chi connectivity index (χ0) is 26.1. The molecule has 2 aromatic carbocycles. The van der Waals surface area contributed by atoms with E-state index in [0.29, 0.717) is 43.6 Å². The van der Waals surface area contributed by atoms with Crippen LogP contribution in [0, 0.1) is 11.8 Å². The minimum absolute atomic E-state index is 0.0454. The van der Waals surface area contributed by atoms with Crippen LogP contribution in [0.3, 0.4) is 0 Å². The van der Waals surface area contributed by atoms with Gasteiger partial charge >= 0.3 is 5.97 Å². The number of piperazine rings is 1. The number of benzene rings is 2. The van der Waals surface area contributed by atoms with Gasteiger partial charge in [0.15, 0.2) is 0 Å². The Bertz CT molecular complexity index is 1130. The molecule has 1 unspecified atom stereocenters. The number of likely N-dealkylation sites (tertiary alicyclic amines) is 1. The van der Waals surface area contributed by atoms with Gasteiger partial charge in [0.2, 0.25) is 0 Å². The molecular weight excluding hydrogens is 466 g/mol. The molecule has 0 radical (unpaired) electrons. The van der Waals surface area contributed by atoms with Crippen molar-refractivity contribution in [1.29, 1.82) is 0 Å². The lowest BCUT2D eigenvalue weighted by Gasteiger charge is -2.48. The van der Waals surface area contributed by atoms with Crippen LogP contribution in [0.15, 0.2) is 48.5 Å². The Balaban J connectivity index is 1.41. The van der Waals surface area contributed by atoms with E-state index in [1.807, 2.05) is 30.3 Å². The third kappa shape index (κ3) is 5.83. The summed E-state index contributed by atoms with van der Waals surface area (Å²) in [4.78, 5) is 31.7. The summed E-state index contributed by atoms with van der Waals surface area (Å²) < 4.78 is 0. The number of nitrogens with zero attached hydrogens (tertiary/aromatic N) is 3. The molecule has 37 heavy (non-hydrogen) atoms. The number of rotatable bonds is 7. The number of aromatic hydroxyl groups is 1. The third-order valence-corrected chi connectivity index (χ3v) is 8.45. The largest absolute Gasteiger partial charge is 0.508 e. The number of phenols is 1. The van der Waals surface area contributed by atoms with E-state index < -0.39 is 5.97 Å². The molecule has 1 saturated carbocycles. The van der Waals surface area contributed by atoms with E-state index in [1.54, 1.807) is 11.0 Å². The Morgan fingerprint density at radius 2 is 1.59 bits per heavy atom. The van der Waals surface area contributed by atoms with E-state index in [9.17, 15) is 19.8 Å². The van der Waals surface area contributed by atoms with Gasteiger partial charge in [-0.15, -0.1) is 0 Å². The van der Waals surface area contributed by atoms with Gasteiger partial charge in [0, 0.05) is 50.4 Å². The highest BCUT2D eigenvalue weighted by atomic mass is 16.4. The van der Waals surface area contributed by atoms with Crippen molar-refractivity contribution in [2.75, 3.05) is 32.7 Å². The van der Waals surface area contributed by atoms with Gasteiger partial charge in [0.1, 0.15) is 5.75 Å². The van der Waals surface area contributed by atoms with Crippen LogP contribution in [0.2, 0.25) is 0 Å². The molecule has 3 atom stereocenters. The van der Waals surface area contributed by atoms with Crippen LogP contribution < -0.4 is 0 Å². The number of hydrogen-bond acceptors (Lipinski definition) is 5. The lowest BCUT2D eigenvalue weighted by Crippen LogP contribution is -2.57. The van der Waals surface area contributed by atoms with Crippen LogP contribution in [0.1, 0.15) is 67.1 Å². The van der Waals surface area contributed by atoms with Gasteiger partial charge in [-0.05, 0) is 80.8 Å². The van der Waals surface area contributed by atoms with Crippen molar-refractivity contribution in [1.82, 2.24) is 14.7 Å². The molecule has 0 aromatic heterocycles. The van der Waals surface area contributed by atoms with Crippen LogP contribution in [-0.2, 0) is 4.79 Å². The fourth-order valence-electron chi connectivity index (χ4n) is 6.10. The van der Waals surface area contributed by atoms with Crippen molar-refractivity contribution in [3.63, 3.8) is 0 Å². The minimum atomic E-state index is -0.774. The highest BCUT2D eigenvalue weighted by Crippen LogP contribution is 2.37. The first-order valence-electron chi connectivity index (χ1n) is 13.7. The van der Waals surface area contributed by atoms with E-state index >= 15 is 0 Å². The molecule has 5 rings (SSSR count). The average molecular weight is 506 g/mol. The number of piperidine rings is 1. The summed E-state index contributed by atoms with van der Waals surface area (Å²) in [6.45, 7) is 8.61. The quantitative estimate of drug-likeness (QED) is 0.586. The minimum Gasteiger partial charge on any atom is -0.508 e. The molecule has 7 nitrogen and oxygen atoms in total. The SMILES string of the molecule is C[C@@H]1CN(C(c2cccc(O)c2)c2cccc(C(=O)N3CCC(C(=O)O)CC3)c2)[C@@H](C)CN1CC1CC1. The zero-order valence-electron chi connectivity index (χ0n) is 21.9. The van der Waals surface area contributed by atoms with E-state index in [4.69, 9.17) is 0 Å². The predicted octanol–water partition coefficient (Wildman–Crippen LogP) is 4.22. The van der Waals surface area contributed by atoms with Crippen molar-refractivity contribution in [3.05, 3.63) is 65.2 Å². The number of aliphatic carboxylic acids is 1. The summed E-state index contributed by atoms with van der Waals surface area (Å²) in [7, 11) is 0. The maximum atomic E-state index is 13.4. The maximum Gasteiger partial charge on any atom is 0.306 e. The van der Waals surface area contributed by atoms with Crippen LogP contribution in [0.4, 0.5) is 0 Å². The molecule has 1 aliphatic carbocycles. The molecule has 1 amide bonds. The molecule has 0 bridgehead atoms. The normalized spacial score (nSPS) is 24.6. The highest BCUT2D eigenvalue weighted by molar-refractivity contribution is 5.94. The van der Waals surface area contributed by atoms with Gasteiger partial charge in [-0.3, -0.25) is 19.4 Å². The summed E-state index contributed by atoms with van der Waals surface area (Å²) in [5.41, 5.74) is 2.68. The summed E-state index contributed by atoms with van der Waals surface area (Å²) in [5, 5.41) is 19.6. The summed E-state index contributed by atoms with van der Waals surface area (Å²) in [6.07, 6.45) is 3.69. The third-order valence-electron chi connectivity index (χ3n) is 8.45. The summed E-state index contributed by atoms with van der Waals surface area (Å²) >= 11 is 0. The molecule has 2 aromatic rings. The molecule has 198 valence electrons. The van der Waals surface area contributed by atoms with Crippen molar-refractivity contribution in [3.8, 4) is 5.75 Å². The second-order valence-electron chi connectivity index (χ2n) is 11.3. The number of carboxylic acid groups (broad SMARTS) is 1. The lowest BCUT2D eigenvalue weighted by atomic mass is 9.92. The number of amides is 1. The molecule has 3 fully saturated rings. The molecule has 2 heterocycles. The fourth-order valence-corrected chi connectivity index (χ4v) is 6.10. The Morgan fingerprint density at radius 3 is 2.24 bits per heavy atom. The van der Waals surface area contributed by atoms with E-state index in [1.165, 1.54) is 19.4 Å². The maximum absolute atomic E-state index is 13.4. The first kappa shape index (κ1) is 25.7. The van der Waals surface area contributed by atoms with Gasteiger partial charge in [-0.2, -0.15) is 0 Å². The molecule has 2 saturated heterocycles. The smallest absolute Gasteiger partial charge is 0.306 e. The Labute approximate surface area is 219 Å². The Kier molecular flexibility index (Phi) is 7.54. The Morgan fingerprint density at radius 1 is 0.919 bits per heavy atom. The zero-order valence-corrected chi connectivity index (χ0v) is 21.9. The van der Waals surface area contributed by atoms with Crippen molar-refractivity contribution >= 4 is 11.9 Å². The molecule has 0 spiro atoms. The number of phenolic OH excluding ortho intramolecular Hbond substituents is 1. The number of carboxylic acids is 1. The molecule has 7 heteroatoms. The van der Waals surface area contributed by atoms with Crippen molar-refractivity contribution < 1.29 is 19.8 Å². The van der Waals surface area contributed by atoms with E-state index in [0.717, 1.165) is 30.1 Å². The van der Waals surface area contributed by atoms with Crippen LogP contribution in [0.25, 0.3) is 0 Å². The topological polar surface area (TPSA) is 84.3 Å². The van der Waals surface area contributed by atoms with Gasteiger partial charge in [-0.25, -0.2) is 0 Å². The van der Waals surface area contributed by atoms with Crippen LogP contribution in [0.5, 0.6) is 5.75 Å². The first-order chi connectivity index (χ1) is 17.8. The van der Waals surface area contributed by atoms with Crippen LogP contribution in [-0.4, -0.2) is 81.6 Å². The lowest BCUT2D eigenvalue weighted by molar-refractivity contribution is -0.143. The Hall–Kier alpha value is -2.90. The molecule has 2 N–H and O–H groups in total. The summed E-state index contributed by atoms with van der Waals surface area (Å²) in [6, 6.07) is 16.0. The van der Waals surface area contributed by atoms with Gasteiger partial charge in [0.25, 0.3) is 5.91 Å².